The number of nitrogens with one attached hydrogen (secondary N) is 1. The molecule has 0 aliphatic carbocycles. The molecule has 8 heteroatoms. The van der Waals surface area contributed by atoms with Crippen molar-refractivity contribution < 1.29 is 4.79 Å². The minimum absolute atomic E-state index is 0.0424. The highest BCUT2D eigenvalue weighted by Crippen LogP contribution is 2.26. The van der Waals surface area contributed by atoms with Gasteiger partial charge in [0.05, 0.1) is 12.4 Å². The molecule has 0 spiro atoms. The van der Waals surface area contributed by atoms with E-state index in [0.717, 1.165) is 10.1 Å². The predicted molar refractivity (Wildman–Crippen MR) is 121 cm³/mol. The number of hydrogen-bond acceptors (Lipinski definition) is 4. The van der Waals surface area contributed by atoms with E-state index >= 15 is 0 Å². The van der Waals surface area contributed by atoms with Crippen LogP contribution in [0.3, 0.4) is 0 Å². The fourth-order valence-corrected chi connectivity index (χ4v) is 3.72. The van der Waals surface area contributed by atoms with Gasteiger partial charge in [-0.2, -0.15) is 0 Å². The number of carbonyl (C=O) groups is 1. The van der Waals surface area contributed by atoms with Crippen molar-refractivity contribution >= 4 is 17.1 Å². The Bertz CT molecular complexity index is 1220. The molecule has 1 N–H and O–H groups in total. The molecule has 1 unspecified atom stereocenters. The first-order valence-corrected chi connectivity index (χ1v) is 10.4. The van der Waals surface area contributed by atoms with Crippen LogP contribution in [0.2, 0.25) is 0 Å². The zero-order valence-electron chi connectivity index (χ0n) is 19.3. The summed E-state index contributed by atoms with van der Waals surface area (Å²) >= 11 is 0. The molecule has 0 fully saturated rings. The Balaban J connectivity index is 1.89. The first-order valence-electron chi connectivity index (χ1n) is 10.4. The number of aromatic nitrogens is 4. The Hall–Kier alpha value is -3.16. The van der Waals surface area contributed by atoms with Crippen LogP contribution < -0.4 is 16.6 Å². The Labute approximate surface area is 181 Å². The summed E-state index contributed by atoms with van der Waals surface area (Å²) in [5.74, 6) is -0.261. The molecule has 0 bridgehead atoms. The zero-order valence-corrected chi connectivity index (χ0v) is 19.3. The van der Waals surface area contributed by atoms with Gasteiger partial charge < -0.3 is 9.88 Å². The molecule has 3 aromatic rings. The molecule has 0 saturated carbocycles. The number of imidazole rings is 1. The molecule has 1 atom stereocenters. The smallest absolute Gasteiger partial charge is 0.332 e. The van der Waals surface area contributed by atoms with Crippen LogP contribution in [-0.4, -0.2) is 24.6 Å². The number of amides is 1. The highest BCUT2D eigenvalue weighted by molar-refractivity contribution is 5.77. The van der Waals surface area contributed by atoms with Crippen LogP contribution in [0, 0.1) is 5.92 Å². The lowest BCUT2D eigenvalue weighted by molar-refractivity contribution is -0.122. The van der Waals surface area contributed by atoms with E-state index in [2.05, 4.69) is 43.2 Å². The fraction of sp³-hybridized carbons (Fsp3) is 0.478. The quantitative estimate of drug-likeness (QED) is 0.679. The average molecular weight is 426 g/mol. The SMILES string of the molecule is CC(C)C(NC(=O)Cn1c(=O)c2c(ncn2C)n(C)c1=O)c1ccc(C(C)(C)C)cc1. The minimum Gasteiger partial charge on any atom is -0.347 e. The van der Waals surface area contributed by atoms with Crippen LogP contribution in [0.25, 0.3) is 11.2 Å². The second-order valence-corrected chi connectivity index (χ2v) is 9.42. The van der Waals surface area contributed by atoms with Gasteiger partial charge in [0.25, 0.3) is 5.56 Å². The van der Waals surface area contributed by atoms with Crippen molar-refractivity contribution in [1.29, 1.82) is 0 Å². The monoisotopic (exact) mass is 425 g/mol. The van der Waals surface area contributed by atoms with E-state index in [1.165, 1.54) is 16.5 Å². The first-order chi connectivity index (χ1) is 14.4. The van der Waals surface area contributed by atoms with Crippen molar-refractivity contribution in [3.63, 3.8) is 0 Å². The predicted octanol–water partition coefficient (Wildman–Crippen LogP) is 2.24. The van der Waals surface area contributed by atoms with Crippen molar-refractivity contribution in [3.8, 4) is 0 Å². The molecule has 2 aromatic heterocycles. The second kappa shape index (κ2) is 8.17. The summed E-state index contributed by atoms with van der Waals surface area (Å²) in [5.41, 5.74) is 1.73. The summed E-state index contributed by atoms with van der Waals surface area (Å²) in [6.45, 7) is 10.2. The van der Waals surface area contributed by atoms with Gasteiger partial charge in [-0.05, 0) is 22.5 Å². The summed E-state index contributed by atoms with van der Waals surface area (Å²) in [4.78, 5) is 42.5. The van der Waals surface area contributed by atoms with Gasteiger partial charge >= 0.3 is 5.69 Å². The maximum absolute atomic E-state index is 12.9. The van der Waals surface area contributed by atoms with E-state index in [0.29, 0.717) is 5.65 Å². The van der Waals surface area contributed by atoms with Crippen molar-refractivity contribution in [2.75, 3.05) is 0 Å². The third-order valence-electron chi connectivity index (χ3n) is 5.62. The molecule has 0 aliphatic rings. The third-order valence-corrected chi connectivity index (χ3v) is 5.62. The van der Waals surface area contributed by atoms with Gasteiger partial charge in [0.2, 0.25) is 5.91 Å². The molecular weight excluding hydrogens is 394 g/mol. The van der Waals surface area contributed by atoms with E-state index in [9.17, 15) is 14.4 Å². The van der Waals surface area contributed by atoms with Gasteiger partial charge in [-0.25, -0.2) is 14.3 Å². The van der Waals surface area contributed by atoms with Gasteiger partial charge in [0.1, 0.15) is 6.54 Å². The standard InChI is InChI=1S/C23H31N5O3/c1-14(2)18(15-8-10-16(11-9-15)23(3,4)5)25-17(29)12-28-21(30)19-20(24-13-26(19)6)27(7)22(28)31/h8-11,13-14,18H,12H2,1-7H3,(H,25,29). The molecule has 31 heavy (non-hydrogen) atoms. The average Bonchev–Trinajstić information content (AvgIpc) is 3.08. The Morgan fingerprint density at radius 1 is 1.10 bits per heavy atom. The number of carbonyl (C=O) groups excluding carboxylic acids is 1. The third kappa shape index (κ3) is 4.33. The Morgan fingerprint density at radius 3 is 2.26 bits per heavy atom. The molecule has 2 heterocycles. The molecule has 0 aliphatic heterocycles. The number of fused-ring (bicyclic) bond motifs is 1. The molecule has 3 rings (SSSR count). The molecule has 166 valence electrons. The van der Waals surface area contributed by atoms with Crippen LogP contribution in [0.5, 0.6) is 0 Å². The van der Waals surface area contributed by atoms with E-state index in [4.69, 9.17) is 0 Å². The maximum Gasteiger partial charge on any atom is 0.332 e. The summed E-state index contributed by atoms with van der Waals surface area (Å²) in [7, 11) is 3.22. The molecule has 8 nitrogen and oxygen atoms in total. The number of benzene rings is 1. The summed E-state index contributed by atoms with van der Waals surface area (Å²) in [6, 6.07) is 7.97. The minimum atomic E-state index is -0.568. The first kappa shape index (κ1) is 22.5. The van der Waals surface area contributed by atoms with Crippen LogP contribution in [0.4, 0.5) is 0 Å². The fourth-order valence-electron chi connectivity index (χ4n) is 3.72. The van der Waals surface area contributed by atoms with Crippen molar-refractivity contribution in [3.05, 3.63) is 62.6 Å². The summed E-state index contributed by atoms with van der Waals surface area (Å²) in [5, 5.41) is 3.00. The van der Waals surface area contributed by atoms with Crippen molar-refractivity contribution in [1.82, 2.24) is 24.0 Å². The van der Waals surface area contributed by atoms with Crippen molar-refractivity contribution in [2.24, 2.45) is 20.0 Å². The molecule has 0 radical (unpaired) electrons. The van der Waals surface area contributed by atoms with E-state index in [1.54, 1.807) is 18.7 Å². The van der Waals surface area contributed by atoms with E-state index < -0.39 is 11.2 Å². The molecule has 1 amide bonds. The van der Waals surface area contributed by atoms with Crippen molar-refractivity contribution in [2.45, 2.75) is 52.6 Å². The molecular formula is C23H31N5O3. The number of nitrogens with zero attached hydrogens (tertiary/aromatic N) is 4. The van der Waals surface area contributed by atoms with Crippen LogP contribution in [0.1, 0.15) is 51.8 Å². The van der Waals surface area contributed by atoms with E-state index in [1.807, 2.05) is 26.0 Å². The number of rotatable bonds is 5. The van der Waals surface area contributed by atoms with Gasteiger partial charge in [-0.1, -0.05) is 58.9 Å². The molecule has 0 saturated heterocycles. The highest BCUT2D eigenvalue weighted by atomic mass is 16.2. The molecule has 1 aromatic carbocycles. The van der Waals surface area contributed by atoms with Crippen LogP contribution in [0.15, 0.2) is 40.2 Å². The van der Waals surface area contributed by atoms with Gasteiger partial charge in [-0.15, -0.1) is 0 Å². The largest absolute Gasteiger partial charge is 0.347 e. The summed E-state index contributed by atoms with van der Waals surface area (Å²) in [6.07, 6.45) is 1.48. The van der Waals surface area contributed by atoms with Crippen LogP contribution >= 0.6 is 0 Å². The van der Waals surface area contributed by atoms with Crippen LogP contribution in [-0.2, 0) is 30.8 Å². The Kier molecular flexibility index (Phi) is 5.93. The lowest BCUT2D eigenvalue weighted by Crippen LogP contribution is -2.44. The summed E-state index contributed by atoms with van der Waals surface area (Å²) < 4.78 is 3.80. The second-order valence-electron chi connectivity index (χ2n) is 9.42. The number of aryl methyl sites for hydroxylation is 2. The highest BCUT2D eigenvalue weighted by Gasteiger charge is 2.22. The lowest BCUT2D eigenvalue weighted by atomic mass is 9.85. The number of hydrogen-bond donors (Lipinski definition) is 1. The van der Waals surface area contributed by atoms with E-state index in [-0.39, 0.29) is 35.3 Å². The van der Waals surface area contributed by atoms with Gasteiger partial charge in [0.15, 0.2) is 11.2 Å². The maximum atomic E-state index is 12.9. The van der Waals surface area contributed by atoms with Gasteiger partial charge in [0, 0.05) is 14.1 Å². The van der Waals surface area contributed by atoms with Gasteiger partial charge in [-0.3, -0.25) is 14.2 Å². The zero-order chi connectivity index (χ0) is 23.1. The lowest BCUT2D eigenvalue weighted by Gasteiger charge is -2.25. The topological polar surface area (TPSA) is 90.9 Å². The Morgan fingerprint density at radius 2 is 1.71 bits per heavy atom. The normalized spacial score (nSPS) is 13.0.